The Hall–Kier alpha value is -1.75. The molecule has 0 bridgehead atoms. The lowest BCUT2D eigenvalue weighted by Gasteiger charge is -2.24. The van der Waals surface area contributed by atoms with Crippen LogP contribution >= 0.6 is 0 Å². The Morgan fingerprint density at radius 2 is 2.05 bits per heavy atom. The second-order valence-electron chi connectivity index (χ2n) is 4.59. The monoisotopic (exact) mass is 265 g/mol. The van der Waals surface area contributed by atoms with Crippen LogP contribution in [0.2, 0.25) is 0 Å². The first-order valence-electron chi connectivity index (χ1n) is 6.21. The predicted molar refractivity (Wildman–Crippen MR) is 68.0 cm³/mol. The van der Waals surface area contributed by atoms with Crippen LogP contribution in [0.5, 0.6) is 5.75 Å². The fourth-order valence-corrected chi connectivity index (χ4v) is 2.09. The molecule has 1 heterocycles. The Labute approximate surface area is 111 Å². The molecule has 0 N–H and O–H groups in total. The molecule has 0 amide bonds. The predicted octanol–water partition coefficient (Wildman–Crippen LogP) is 1.68. The maximum atomic E-state index is 13.5. The van der Waals surface area contributed by atoms with Crippen molar-refractivity contribution in [3.63, 3.8) is 0 Å². The molecular formula is C14H16FNO3. The number of ketones is 2. The lowest BCUT2D eigenvalue weighted by atomic mass is 10.1. The van der Waals surface area contributed by atoms with Crippen molar-refractivity contribution in [3.8, 4) is 5.75 Å². The molecule has 0 radical (unpaired) electrons. The number of carbonyl (C=O) groups excluding carboxylic acids is 2. The summed E-state index contributed by atoms with van der Waals surface area (Å²) in [6, 6.07) is 4.19. The zero-order valence-corrected chi connectivity index (χ0v) is 10.8. The molecule has 1 aromatic rings. The highest BCUT2D eigenvalue weighted by Crippen LogP contribution is 2.18. The van der Waals surface area contributed by atoms with Gasteiger partial charge in [-0.2, -0.15) is 0 Å². The average Bonchev–Trinajstić information content (AvgIpc) is 2.41. The van der Waals surface area contributed by atoms with Crippen LogP contribution in [0.1, 0.15) is 23.2 Å². The number of hydrogen-bond donors (Lipinski definition) is 0. The van der Waals surface area contributed by atoms with Gasteiger partial charge in [0.1, 0.15) is 5.78 Å². The van der Waals surface area contributed by atoms with Crippen LogP contribution in [-0.4, -0.2) is 43.2 Å². The van der Waals surface area contributed by atoms with Crippen molar-refractivity contribution in [2.45, 2.75) is 12.8 Å². The van der Waals surface area contributed by atoms with Crippen LogP contribution in [0.3, 0.4) is 0 Å². The van der Waals surface area contributed by atoms with Gasteiger partial charge >= 0.3 is 0 Å². The number of hydrogen-bond acceptors (Lipinski definition) is 4. The van der Waals surface area contributed by atoms with E-state index in [2.05, 4.69) is 0 Å². The first-order chi connectivity index (χ1) is 9.10. The SMILES string of the molecule is COc1ccc(C(=O)CN2CCC(=O)CC2)cc1F. The maximum absolute atomic E-state index is 13.5. The fraction of sp³-hybridized carbons (Fsp3) is 0.429. The molecule has 1 aliphatic heterocycles. The van der Waals surface area contributed by atoms with Crippen molar-refractivity contribution >= 4 is 11.6 Å². The van der Waals surface area contributed by atoms with Gasteiger partial charge in [-0.25, -0.2) is 4.39 Å². The normalized spacial score (nSPS) is 16.4. The van der Waals surface area contributed by atoms with Gasteiger partial charge in [0.05, 0.1) is 13.7 Å². The van der Waals surface area contributed by atoms with Crippen molar-refractivity contribution < 1.29 is 18.7 Å². The molecule has 0 atom stereocenters. The molecule has 19 heavy (non-hydrogen) atoms. The third-order valence-corrected chi connectivity index (χ3v) is 3.25. The van der Waals surface area contributed by atoms with Gasteiger partial charge in [-0.15, -0.1) is 0 Å². The number of piperidine rings is 1. The zero-order valence-electron chi connectivity index (χ0n) is 10.8. The molecule has 1 saturated heterocycles. The number of halogens is 1. The van der Waals surface area contributed by atoms with Crippen molar-refractivity contribution in [2.75, 3.05) is 26.7 Å². The third kappa shape index (κ3) is 3.38. The molecule has 4 nitrogen and oxygen atoms in total. The van der Waals surface area contributed by atoms with Crippen molar-refractivity contribution in [1.82, 2.24) is 4.90 Å². The fourth-order valence-electron chi connectivity index (χ4n) is 2.09. The Bertz CT molecular complexity index is 491. The standard InChI is InChI=1S/C14H16FNO3/c1-19-14-3-2-10(8-12(14)15)13(18)9-16-6-4-11(17)5-7-16/h2-3,8H,4-7,9H2,1H3. The number of nitrogens with zero attached hydrogens (tertiary/aromatic N) is 1. The minimum Gasteiger partial charge on any atom is -0.494 e. The van der Waals surface area contributed by atoms with E-state index >= 15 is 0 Å². The minimum absolute atomic E-state index is 0.125. The van der Waals surface area contributed by atoms with Crippen LogP contribution in [0.4, 0.5) is 4.39 Å². The van der Waals surface area contributed by atoms with E-state index in [4.69, 9.17) is 4.74 Å². The van der Waals surface area contributed by atoms with Crippen LogP contribution < -0.4 is 4.74 Å². The van der Waals surface area contributed by atoms with Crippen molar-refractivity contribution in [2.24, 2.45) is 0 Å². The molecule has 5 heteroatoms. The van der Waals surface area contributed by atoms with E-state index in [1.54, 1.807) is 6.07 Å². The number of methoxy groups -OCH3 is 1. The molecule has 0 unspecified atom stereocenters. The highest BCUT2D eigenvalue weighted by Gasteiger charge is 2.19. The summed E-state index contributed by atoms with van der Waals surface area (Å²) in [6.07, 6.45) is 0.981. The maximum Gasteiger partial charge on any atom is 0.176 e. The molecule has 102 valence electrons. The smallest absolute Gasteiger partial charge is 0.176 e. The molecule has 0 aliphatic carbocycles. The summed E-state index contributed by atoms with van der Waals surface area (Å²) in [7, 11) is 1.38. The second kappa shape index (κ2) is 5.93. The summed E-state index contributed by atoms with van der Waals surface area (Å²) >= 11 is 0. The van der Waals surface area contributed by atoms with Crippen LogP contribution in [0.15, 0.2) is 18.2 Å². The summed E-state index contributed by atoms with van der Waals surface area (Å²) < 4.78 is 18.3. The van der Waals surface area contributed by atoms with E-state index in [-0.39, 0.29) is 23.9 Å². The Morgan fingerprint density at radius 1 is 1.37 bits per heavy atom. The Balaban J connectivity index is 2.00. The van der Waals surface area contributed by atoms with Gasteiger partial charge in [0.2, 0.25) is 0 Å². The van der Waals surface area contributed by atoms with Crippen molar-refractivity contribution in [1.29, 1.82) is 0 Å². The molecule has 0 saturated carbocycles. The van der Waals surface area contributed by atoms with Gasteiger partial charge in [0.15, 0.2) is 17.3 Å². The van der Waals surface area contributed by atoms with E-state index in [0.29, 0.717) is 31.5 Å². The number of rotatable bonds is 4. The molecule has 1 fully saturated rings. The highest BCUT2D eigenvalue weighted by atomic mass is 19.1. The van der Waals surface area contributed by atoms with Gasteiger partial charge in [-0.05, 0) is 18.2 Å². The Kier molecular flexibility index (Phi) is 4.27. The molecule has 1 aromatic carbocycles. The van der Waals surface area contributed by atoms with E-state index in [9.17, 15) is 14.0 Å². The lowest BCUT2D eigenvalue weighted by molar-refractivity contribution is -0.121. The van der Waals surface area contributed by atoms with Crippen LogP contribution in [0, 0.1) is 5.82 Å². The number of carbonyl (C=O) groups is 2. The molecular weight excluding hydrogens is 249 g/mol. The van der Waals surface area contributed by atoms with E-state index in [0.717, 1.165) is 0 Å². The zero-order chi connectivity index (χ0) is 13.8. The van der Waals surface area contributed by atoms with Gasteiger partial charge in [-0.3, -0.25) is 14.5 Å². The summed E-state index contributed by atoms with van der Waals surface area (Å²) in [5, 5.41) is 0. The van der Waals surface area contributed by atoms with Gasteiger partial charge in [0.25, 0.3) is 0 Å². The summed E-state index contributed by atoms with van der Waals surface area (Å²) in [6.45, 7) is 1.42. The number of benzene rings is 1. The van der Waals surface area contributed by atoms with Gasteiger partial charge in [0, 0.05) is 31.5 Å². The van der Waals surface area contributed by atoms with Crippen LogP contribution in [-0.2, 0) is 4.79 Å². The second-order valence-corrected chi connectivity index (χ2v) is 4.59. The van der Waals surface area contributed by atoms with E-state index in [1.165, 1.54) is 19.2 Å². The van der Waals surface area contributed by atoms with E-state index < -0.39 is 5.82 Å². The summed E-state index contributed by atoms with van der Waals surface area (Å²) in [5.41, 5.74) is 0.329. The highest BCUT2D eigenvalue weighted by molar-refractivity contribution is 5.97. The molecule has 1 aliphatic rings. The topological polar surface area (TPSA) is 46.6 Å². The molecule has 0 spiro atoms. The quantitative estimate of drug-likeness (QED) is 0.777. The summed E-state index contributed by atoms with van der Waals surface area (Å²) in [4.78, 5) is 25.0. The first-order valence-corrected chi connectivity index (χ1v) is 6.21. The number of ether oxygens (including phenoxy) is 1. The van der Waals surface area contributed by atoms with E-state index in [1.807, 2.05) is 4.90 Å². The molecule has 2 rings (SSSR count). The number of Topliss-reactive ketones (excluding diaryl/α,β-unsaturated/α-hetero) is 2. The minimum atomic E-state index is -0.540. The average molecular weight is 265 g/mol. The van der Waals surface area contributed by atoms with Crippen LogP contribution in [0.25, 0.3) is 0 Å². The first kappa shape index (κ1) is 13.7. The lowest BCUT2D eigenvalue weighted by Crippen LogP contribution is -2.37. The largest absolute Gasteiger partial charge is 0.494 e. The van der Waals surface area contributed by atoms with Crippen molar-refractivity contribution in [3.05, 3.63) is 29.6 Å². The molecule has 0 aromatic heterocycles. The van der Waals surface area contributed by atoms with Gasteiger partial charge < -0.3 is 4.74 Å². The Morgan fingerprint density at radius 3 is 2.63 bits per heavy atom. The number of likely N-dealkylation sites (tertiary alicyclic amines) is 1. The van der Waals surface area contributed by atoms with Gasteiger partial charge in [-0.1, -0.05) is 0 Å². The third-order valence-electron chi connectivity index (χ3n) is 3.25. The summed E-state index contributed by atoms with van der Waals surface area (Å²) in [5.74, 6) is -0.322.